The summed E-state index contributed by atoms with van der Waals surface area (Å²) in [7, 11) is 2.36. The molecule has 1 spiro atoms. The van der Waals surface area contributed by atoms with Crippen LogP contribution in [-0.4, -0.2) is 54.3 Å². The van der Waals surface area contributed by atoms with Crippen molar-refractivity contribution in [2.24, 2.45) is 17.3 Å². The minimum atomic E-state index is 0.395. The monoisotopic (exact) mass is 360 g/mol. The van der Waals surface area contributed by atoms with Gasteiger partial charge in [0.1, 0.15) is 5.78 Å². The van der Waals surface area contributed by atoms with Crippen LogP contribution in [0.2, 0.25) is 0 Å². The van der Waals surface area contributed by atoms with E-state index < -0.39 is 0 Å². The molecule has 3 aliphatic carbocycles. The number of likely N-dealkylation sites (tertiary alicyclic amines) is 1. The highest BCUT2D eigenvalue weighted by Crippen LogP contribution is 2.54. The molecule has 26 heavy (non-hydrogen) atoms. The standard InChI is InChI=1S/C23H40N2O/c1-3-22(26)19-6-11-23(12-7-19)16-21(17-23)25-14-9-20(10-15-25)24(2)13-8-18-4-5-18/h18-21H,3-17H2,1-2H3. The van der Waals surface area contributed by atoms with Gasteiger partial charge in [-0.15, -0.1) is 0 Å². The molecule has 4 fully saturated rings. The van der Waals surface area contributed by atoms with Crippen LogP contribution in [0.25, 0.3) is 0 Å². The molecule has 0 amide bonds. The second-order valence-corrected chi connectivity index (χ2v) is 10.1. The van der Waals surface area contributed by atoms with Gasteiger partial charge in [-0.2, -0.15) is 0 Å². The van der Waals surface area contributed by atoms with Gasteiger partial charge in [0.05, 0.1) is 0 Å². The number of piperidine rings is 1. The van der Waals surface area contributed by atoms with E-state index in [9.17, 15) is 4.79 Å². The number of hydrogen-bond donors (Lipinski definition) is 0. The second-order valence-electron chi connectivity index (χ2n) is 10.1. The molecule has 3 saturated carbocycles. The van der Waals surface area contributed by atoms with Crippen molar-refractivity contribution < 1.29 is 4.79 Å². The Labute approximate surface area is 160 Å². The van der Waals surface area contributed by atoms with Gasteiger partial charge in [-0.05, 0) is 95.8 Å². The quantitative estimate of drug-likeness (QED) is 0.668. The first-order valence-electron chi connectivity index (χ1n) is 11.6. The Hall–Kier alpha value is -0.410. The van der Waals surface area contributed by atoms with Gasteiger partial charge in [0.15, 0.2) is 0 Å². The number of carbonyl (C=O) groups excluding carboxylic acids is 1. The highest BCUT2D eigenvalue weighted by Gasteiger charge is 2.48. The number of ketones is 1. The Morgan fingerprint density at radius 2 is 1.69 bits per heavy atom. The van der Waals surface area contributed by atoms with Gasteiger partial charge in [-0.1, -0.05) is 19.8 Å². The number of Topliss-reactive ketones (excluding diaryl/α,β-unsaturated/α-hetero) is 1. The van der Waals surface area contributed by atoms with Crippen molar-refractivity contribution in [1.29, 1.82) is 0 Å². The molecule has 0 bridgehead atoms. The third-order valence-corrected chi connectivity index (χ3v) is 8.41. The maximum absolute atomic E-state index is 12.0. The fourth-order valence-corrected chi connectivity index (χ4v) is 6.11. The fourth-order valence-electron chi connectivity index (χ4n) is 6.11. The van der Waals surface area contributed by atoms with E-state index in [4.69, 9.17) is 0 Å². The molecular formula is C23H40N2O. The summed E-state index contributed by atoms with van der Waals surface area (Å²) < 4.78 is 0. The summed E-state index contributed by atoms with van der Waals surface area (Å²) in [5.74, 6) is 1.97. The molecule has 4 aliphatic rings. The van der Waals surface area contributed by atoms with E-state index in [0.717, 1.165) is 24.4 Å². The van der Waals surface area contributed by atoms with E-state index in [1.54, 1.807) is 0 Å². The van der Waals surface area contributed by atoms with Gasteiger partial charge in [0, 0.05) is 24.4 Å². The van der Waals surface area contributed by atoms with E-state index in [-0.39, 0.29) is 0 Å². The number of rotatable bonds is 7. The van der Waals surface area contributed by atoms with Crippen molar-refractivity contribution in [2.75, 3.05) is 26.7 Å². The Morgan fingerprint density at radius 3 is 2.27 bits per heavy atom. The van der Waals surface area contributed by atoms with Crippen LogP contribution >= 0.6 is 0 Å². The number of hydrogen-bond acceptors (Lipinski definition) is 3. The molecule has 3 heteroatoms. The molecule has 4 rings (SSSR count). The molecule has 0 aromatic carbocycles. The Morgan fingerprint density at radius 1 is 1.04 bits per heavy atom. The minimum absolute atomic E-state index is 0.395. The zero-order chi connectivity index (χ0) is 18.1. The fraction of sp³-hybridized carbons (Fsp3) is 0.957. The predicted molar refractivity (Wildman–Crippen MR) is 107 cm³/mol. The van der Waals surface area contributed by atoms with E-state index in [0.29, 0.717) is 17.1 Å². The van der Waals surface area contributed by atoms with E-state index in [2.05, 4.69) is 16.8 Å². The number of nitrogens with zero attached hydrogens (tertiary/aromatic N) is 2. The third-order valence-electron chi connectivity index (χ3n) is 8.41. The molecule has 3 nitrogen and oxygen atoms in total. The van der Waals surface area contributed by atoms with Crippen LogP contribution in [0.1, 0.15) is 84.0 Å². The van der Waals surface area contributed by atoms with Crippen LogP contribution in [-0.2, 0) is 4.79 Å². The Balaban J connectivity index is 1.16. The van der Waals surface area contributed by atoms with Crippen molar-refractivity contribution in [1.82, 2.24) is 9.80 Å². The SMILES string of the molecule is CCC(=O)C1CCC2(CC1)CC(N1CCC(N(C)CCC3CC3)CC1)C2. The lowest BCUT2D eigenvalue weighted by Crippen LogP contribution is -2.55. The molecule has 0 aromatic rings. The zero-order valence-electron chi connectivity index (χ0n) is 17.2. The van der Waals surface area contributed by atoms with Crippen molar-refractivity contribution in [3.8, 4) is 0 Å². The molecule has 0 unspecified atom stereocenters. The van der Waals surface area contributed by atoms with Crippen molar-refractivity contribution in [3.05, 3.63) is 0 Å². The van der Waals surface area contributed by atoms with Crippen molar-refractivity contribution in [2.45, 2.75) is 96.1 Å². The molecule has 0 N–H and O–H groups in total. The third kappa shape index (κ3) is 4.19. The zero-order valence-corrected chi connectivity index (χ0v) is 17.2. The lowest BCUT2D eigenvalue weighted by molar-refractivity contribution is -0.126. The summed E-state index contributed by atoms with van der Waals surface area (Å²) in [6.07, 6.45) is 15.7. The molecule has 0 radical (unpaired) electrons. The van der Waals surface area contributed by atoms with Crippen molar-refractivity contribution in [3.63, 3.8) is 0 Å². The first kappa shape index (κ1) is 18.9. The first-order valence-corrected chi connectivity index (χ1v) is 11.6. The van der Waals surface area contributed by atoms with E-state index >= 15 is 0 Å². The minimum Gasteiger partial charge on any atom is -0.303 e. The Kier molecular flexibility index (Phi) is 5.76. The highest BCUT2D eigenvalue weighted by atomic mass is 16.1. The van der Waals surface area contributed by atoms with Gasteiger partial charge in [0.2, 0.25) is 0 Å². The van der Waals surface area contributed by atoms with Gasteiger partial charge < -0.3 is 9.80 Å². The summed E-state index contributed by atoms with van der Waals surface area (Å²) in [6, 6.07) is 1.68. The van der Waals surface area contributed by atoms with Crippen LogP contribution in [0, 0.1) is 17.3 Å². The largest absolute Gasteiger partial charge is 0.303 e. The number of carbonyl (C=O) groups is 1. The normalized spacial score (nSPS) is 36.4. The average Bonchev–Trinajstić information content (AvgIpc) is 3.48. The molecule has 1 aliphatic heterocycles. The molecule has 1 heterocycles. The molecule has 148 valence electrons. The van der Waals surface area contributed by atoms with Crippen LogP contribution in [0.4, 0.5) is 0 Å². The van der Waals surface area contributed by atoms with Crippen molar-refractivity contribution >= 4 is 5.78 Å². The predicted octanol–water partition coefficient (Wildman–Crippen LogP) is 4.50. The molecular weight excluding hydrogens is 320 g/mol. The van der Waals surface area contributed by atoms with Gasteiger partial charge in [-0.25, -0.2) is 0 Å². The average molecular weight is 361 g/mol. The summed E-state index contributed by atoms with van der Waals surface area (Å²) in [6.45, 7) is 5.98. The van der Waals surface area contributed by atoms with Gasteiger partial charge >= 0.3 is 0 Å². The Bertz CT molecular complexity index is 476. The van der Waals surface area contributed by atoms with Gasteiger partial charge in [-0.3, -0.25) is 4.79 Å². The van der Waals surface area contributed by atoms with Crippen LogP contribution < -0.4 is 0 Å². The molecule has 0 atom stereocenters. The van der Waals surface area contributed by atoms with Crippen LogP contribution in [0.3, 0.4) is 0 Å². The maximum Gasteiger partial charge on any atom is 0.135 e. The summed E-state index contributed by atoms with van der Waals surface area (Å²) in [4.78, 5) is 17.4. The topological polar surface area (TPSA) is 23.6 Å². The summed E-state index contributed by atoms with van der Waals surface area (Å²) in [5, 5.41) is 0. The van der Waals surface area contributed by atoms with Crippen LogP contribution in [0.5, 0.6) is 0 Å². The molecule has 0 aromatic heterocycles. The second kappa shape index (κ2) is 7.91. The van der Waals surface area contributed by atoms with Crippen LogP contribution in [0.15, 0.2) is 0 Å². The van der Waals surface area contributed by atoms with E-state index in [1.807, 2.05) is 6.92 Å². The lowest BCUT2D eigenvalue weighted by atomic mass is 9.56. The molecule has 1 saturated heterocycles. The summed E-state index contributed by atoms with van der Waals surface area (Å²) >= 11 is 0. The first-order chi connectivity index (χ1) is 12.6. The summed E-state index contributed by atoms with van der Waals surface area (Å²) in [5.41, 5.74) is 0.618. The lowest BCUT2D eigenvalue weighted by Gasteiger charge is -2.56. The van der Waals surface area contributed by atoms with E-state index in [1.165, 1.54) is 90.3 Å². The van der Waals surface area contributed by atoms with Gasteiger partial charge in [0.25, 0.3) is 0 Å². The smallest absolute Gasteiger partial charge is 0.135 e. The maximum atomic E-state index is 12.0. The highest BCUT2D eigenvalue weighted by molar-refractivity contribution is 5.80.